The molecule has 1 saturated heterocycles. The van der Waals surface area contributed by atoms with Gasteiger partial charge in [0.1, 0.15) is 0 Å². The fraction of sp³-hybridized carbons (Fsp3) is 0.500. The topological polar surface area (TPSA) is 104 Å². The maximum Gasteiger partial charge on any atom is 0.290 e. The second-order valence-electron chi connectivity index (χ2n) is 7.58. The molecule has 8 heteroatoms. The average molecular weight is 387 g/mol. The van der Waals surface area contributed by atoms with Crippen LogP contribution in [0.2, 0.25) is 0 Å². The van der Waals surface area contributed by atoms with Gasteiger partial charge in [-0.15, -0.1) is 0 Å². The third-order valence-electron chi connectivity index (χ3n) is 5.35. The molecule has 28 heavy (non-hydrogen) atoms. The van der Waals surface area contributed by atoms with E-state index in [4.69, 9.17) is 0 Å². The minimum Gasteiger partial charge on any atom is -0.503 e. The van der Waals surface area contributed by atoms with Crippen LogP contribution in [-0.2, 0) is 9.59 Å². The van der Waals surface area contributed by atoms with Crippen molar-refractivity contribution in [1.29, 1.82) is 0 Å². The molecule has 2 aliphatic heterocycles. The number of likely N-dealkylation sites (tertiary alicyclic amines) is 1. The molecule has 1 unspecified atom stereocenters. The first kappa shape index (κ1) is 20.0. The maximum atomic E-state index is 12.8. The van der Waals surface area contributed by atoms with Gasteiger partial charge in [0, 0.05) is 31.1 Å². The van der Waals surface area contributed by atoms with Crippen LogP contribution in [0.1, 0.15) is 38.3 Å². The van der Waals surface area contributed by atoms with Crippen molar-refractivity contribution in [2.75, 3.05) is 26.2 Å². The summed E-state index contributed by atoms with van der Waals surface area (Å²) in [4.78, 5) is 39.9. The highest BCUT2D eigenvalue weighted by Crippen LogP contribution is 2.39. The van der Waals surface area contributed by atoms with Gasteiger partial charge in [0.2, 0.25) is 0 Å². The number of nitro benzene ring substituents is 1. The monoisotopic (exact) mass is 387 g/mol. The van der Waals surface area contributed by atoms with Crippen molar-refractivity contribution in [3.63, 3.8) is 0 Å². The predicted molar refractivity (Wildman–Crippen MR) is 103 cm³/mol. The van der Waals surface area contributed by atoms with Crippen LogP contribution >= 0.6 is 0 Å². The van der Waals surface area contributed by atoms with Crippen LogP contribution < -0.4 is 0 Å². The highest BCUT2D eigenvalue weighted by Gasteiger charge is 2.44. The van der Waals surface area contributed by atoms with Gasteiger partial charge in [-0.05, 0) is 31.5 Å². The molecule has 0 radical (unpaired) electrons. The summed E-state index contributed by atoms with van der Waals surface area (Å²) in [5, 5.41) is 21.7. The standard InChI is InChI=1S/C20H25N3O5/c1-13(2)18(24)16-17(14-6-5-7-15(12-14)23(27)28)22(20(26)19(16)25)11-10-21-8-3-4-9-21/h5-7,12-13,17,25H,3-4,8-11H2,1-2H3. The Hall–Kier alpha value is -2.74. The number of benzene rings is 1. The predicted octanol–water partition coefficient (Wildman–Crippen LogP) is 2.61. The Kier molecular flexibility index (Phi) is 5.79. The van der Waals surface area contributed by atoms with Gasteiger partial charge in [0.25, 0.3) is 11.6 Å². The van der Waals surface area contributed by atoms with E-state index in [2.05, 4.69) is 4.90 Å². The van der Waals surface area contributed by atoms with Crippen LogP contribution in [0.15, 0.2) is 35.6 Å². The van der Waals surface area contributed by atoms with Gasteiger partial charge >= 0.3 is 0 Å². The van der Waals surface area contributed by atoms with E-state index in [1.165, 1.54) is 23.1 Å². The minimum atomic E-state index is -0.815. The van der Waals surface area contributed by atoms with E-state index in [-0.39, 0.29) is 17.0 Å². The molecule has 2 heterocycles. The van der Waals surface area contributed by atoms with Crippen LogP contribution in [0.3, 0.4) is 0 Å². The summed E-state index contributed by atoms with van der Waals surface area (Å²) >= 11 is 0. The fourth-order valence-electron chi connectivity index (χ4n) is 3.86. The number of carbonyl (C=O) groups is 2. The van der Waals surface area contributed by atoms with Crippen molar-refractivity contribution >= 4 is 17.4 Å². The average Bonchev–Trinajstić information content (AvgIpc) is 3.27. The SMILES string of the molecule is CC(C)C(=O)C1=C(O)C(=O)N(CCN2CCCC2)C1c1cccc([N+](=O)[O-])c1. The van der Waals surface area contributed by atoms with E-state index in [9.17, 15) is 24.8 Å². The van der Waals surface area contributed by atoms with Gasteiger partial charge in [-0.3, -0.25) is 19.7 Å². The molecule has 1 aromatic rings. The molecule has 0 spiro atoms. The molecule has 150 valence electrons. The second-order valence-corrected chi connectivity index (χ2v) is 7.58. The zero-order valence-electron chi connectivity index (χ0n) is 16.1. The van der Waals surface area contributed by atoms with Gasteiger partial charge in [0.15, 0.2) is 11.5 Å². The van der Waals surface area contributed by atoms with Crippen LogP contribution in [0.5, 0.6) is 0 Å². The van der Waals surface area contributed by atoms with Gasteiger partial charge < -0.3 is 14.9 Å². The number of nitrogens with zero attached hydrogens (tertiary/aromatic N) is 3. The normalized spacial score (nSPS) is 20.5. The summed E-state index contributed by atoms with van der Waals surface area (Å²) in [6.07, 6.45) is 2.23. The van der Waals surface area contributed by atoms with E-state index in [0.29, 0.717) is 18.7 Å². The van der Waals surface area contributed by atoms with Crippen LogP contribution in [0, 0.1) is 16.0 Å². The lowest BCUT2D eigenvalue weighted by Crippen LogP contribution is -2.38. The number of hydrogen-bond donors (Lipinski definition) is 1. The highest BCUT2D eigenvalue weighted by molar-refractivity contribution is 6.09. The quantitative estimate of drug-likeness (QED) is 0.570. The minimum absolute atomic E-state index is 0.0296. The van der Waals surface area contributed by atoms with Crippen molar-refractivity contribution in [3.8, 4) is 0 Å². The number of aliphatic hydroxyl groups is 1. The number of aliphatic hydroxyl groups excluding tert-OH is 1. The first-order valence-electron chi connectivity index (χ1n) is 9.56. The Morgan fingerprint density at radius 2 is 1.96 bits per heavy atom. The third kappa shape index (κ3) is 3.77. The summed E-state index contributed by atoms with van der Waals surface area (Å²) in [6.45, 7) is 6.29. The van der Waals surface area contributed by atoms with E-state index >= 15 is 0 Å². The Labute approximate surface area is 163 Å². The molecule has 1 fully saturated rings. The lowest BCUT2D eigenvalue weighted by atomic mass is 9.91. The van der Waals surface area contributed by atoms with Crippen molar-refractivity contribution in [2.45, 2.75) is 32.7 Å². The second kappa shape index (κ2) is 8.10. The Morgan fingerprint density at radius 1 is 1.29 bits per heavy atom. The molecule has 1 aromatic carbocycles. The zero-order chi connectivity index (χ0) is 20.4. The highest BCUT2D eigenvalue weighted by atomic mass is 16.6. The maximum absolute atomic E-state index is 12.8. The zero-order valence-corrected chi connectivity index (χ0v) is 16.1. The van der Waals surface area contributed by atoms with Crippen molar-refractivity contribution in [3.05, 3.63) is 51.3 Å². The molecule has 1 N–H and O–H groups in total. The van der Waals surface area contributed by atoms with Crippen molar-refractivity contribution in [2.24, 2.45) is 5.92 Å². The third-order valence-corrected chi connectivity index (χ3v) is 5.35. The van der Waals surface area contributed by atoms with Crippen LogP contribution in [0.4, 0.5) is 5.69 Å². The number of amides is 1. The van der Waals surface area contributed by atoms with Crippen molar-refractivity contribution < 1.29 is 19.6 Å². The van der Waals surface area contributed by atoms with Gasteiger partial charge in [0.05, 0.1) is 16.5 Å². The number of non-ortho nitro benzene ring substituents is 1. The molecule has 0 aromatic heterocycles. The van der Waals surface area contributed by atoms with Crippen LogP contribution in [0.25, 0.3) is 0 Å². The summed E-state index contributed by atoms with van der Waals surface area (Å²) in [7, 11) is 0. The Morgan fingerprint density at radius 3 is 2.57 bits per heavy atom. The first-order chi connectivity index (χ1) is 13.3. The lowest BCUT2D eigenvalue weighted by molar-refractivity contribution is -0.384. The number of carbonyl (C=O) groups excluding carboxylic acids is 2. The molecule has 0 aliphatic carbocycles. The summed E-state index contributed by atoms with van der Waals surface area (Å²) < 4.78 is 0. The number of rotatable bonds is 7. The smallest absolute Gasteiger partial charge is 0.290 e. The largest absolute Gasteiger partial charge is 0.503 e. The molecular weight excluding hydrogens is 362 g/mol. The number of hydrogen-bond acceptors (Lipinski definition) is 6. The molecule has 2 aliphatic rings. The van der Waals surface area contributed by atoms with E-state index in [1.54, 1.807) is 19.9 Å². The Bertz CT molecular complexity index is 827. The first-order valence-corrected chi connectivity index (χ1v) is 9.56. The molecule has 1 atom stereocenters. The van der Waals surface area contributed by atoms with Crippen molar-refractivity contribution in [1.82, 2.24) is 9.80 Å². The van der Waals surface area contributed by atoms with Gasteiger partial charge in [-0.25, -0.2) is 0 Å². The van der Waals surface area contributed by atoms with Crippen LogP contribution in [-0.4, -0.2) is 57.7 Å². The van der Waals surface area contributed by atoms with E-state index in [0.717, 1.165) is 25.9 Å². The molecule has 0 saturated carbocycles. The molecule has 3 rings (SSSR count). The summed E-state index contributed by atoms with van der Waals surface area (Å²) in [5.41, 5.74) is 0.367. The molecule has 8 nitrogen and oxygen atoms in total. The van der Waals surface area contributed by atoms with Gasteiger partial charge in [-0.2, -0.15) is 0 Å². The Balaban J connectivity index is 1.98. The molecule has 0 bridgehead atoms. The van der Waals surface area contributed by atoms with E-state index in [1.807, 2.05) is 0 Å². The summed E-state index contributed by atoms with van der Waals surface area (Å²) in [6, 6.07) is 5.10. The lowest BCUT2D eigenvalue weighted by Gasteiger charge is -2.29. The molecule has 1 amide bonds. The number of Topliss-reactive ketones (excluding diaryl/α,β-unsaturated/α-hetero) is 1. The molecular formula is C20H25N3O5. The fourth-order valence-corrected chi connectivity index (χ4v) is 3.86. The van der Waals surface area contributed by atoms with Gasteiger partial charge in [-0.1, -0.05) is 26.0 Å². The summed E-state index contributed by atoms with van der Waals surface area (Å²) in [5.74, 6) is -1.88. The number of ketones is 1. The number of nitro groups is 1. The van der Waals surface area contributed by atoms with E-state index < -0.39 is 28.5 Å².